The van der Waals surface area contributed by atoms with Crippen molar-refractivity contribution in [3.63, 3.8) is 0 Å². The second kappa shape index (κ2) is 5.08. The summed E-state index contributed by atoms with van der Waals surface area (Å²) in [5, 5.41) is 23.6. The van der Waals surface area contributed by atoms with Crippen LogP contribution in [0.5, 0.6) is 0 Å². The maximum absolute atomic E-state index is 11.9. The Balaban J connectivity index is 1.62. The van der Waals surface area contributed by atoms with Crippen molar-refractivity contribution >= 4 is 5.69 Å². The fourth-order valence-corrected chi connectivity index (χ4v) is 9.23. The van der Waals surface area contributed by atoms with E-state index < -0.39 is 0 Å². The number of anilines is 1. The highest BCUT2D eigenvalue weighted by molar-refractivity contribution is 5.66. The second-order valence-corrected chi connectivity index (χ2v) is 10.1. The van der Waals surface area contributed by atoms with Gasteiger partial charge < -0.3 is 15.1 Å². The number of fused-ring (bicyclic) bond motifs is 2. The summed E-state index contributed by atoms with van der Waals surface area (Å²) in [6.07, 6.45) is 3.84. The summed E-state index contributed by atoms with van der Waals surface area (Å²) < 4.78 is 0.873. The Kier molecular flexibility index (Phi) is 3.17. The predicted octanol–water partition coefficient (Wildman–Crippen LogP) is 2.48. The first-order valence-electron chi connectivity index (χ1n) is 11.1. The Labute approximate surface area is 162 Å². The predicted molar refractivity (Wildman–Crippen MR) is 105 cm³/mol. The summed E-state index contributed by atoms with van der Waals surface area (Å²) in [5.74, 6) is 1.18. The van der Waals surface area contributed by atoms with Gasteiger partial charge in [-0.05, 0) is 30.4 Å². The van der Waals surface area contributed by atoms with Gasteiger partial charge in [-0.2, -0.15) is 0 Å². The molecule has 10 atom stereocenters. The number of aliphatic hydroxyl groups excluding tert-OH is 2. The number of likely N-dealkylation sites (N-methyl/N-ethyl adjacent to an activating group) is 1. The molecule has 4 saturated heterocycles. The zero-order valence-corrected chi connectivity index (χ0v) is 16.8. The summed E-state index contributed by atoms with van der Waals surface area (Å²) in [6, 6.07) is 9.97. The van der Waals surface area contributed by atoms with Gasteiger partial charge >= 0.3 is 0 Å². The van der Waals surface area contributed by atoms with Gasteiger partial charge in [-0.25, -0.2) is 0 Å². The van der Waals surface area contributed by atoms with E-state index in [-0.39, 0.29) is 17.7 Å². The molecule has 1 aromatic carbocycles. The van der Waals surface area contributed by atoms with Crippen molar-refractivity contribution in [3.05, 3.63) is 29.8 Å². The molecule has 1 saturated carbocycles. The molecule has 6 aliphatic rings. The number of para-hydroxylation sites is 1. The SMILES string of the molecule is CCC[N@+]12[C@H](O)[C@H](CC)[C@H]3C[C@H]1[C@@H]1N(C)c4ccccc4[C@@]14C[C@H]2[C@H]3[C@@H]4O. The molecule has 5 aliphatic heterocycles. The maximum Gasteiger partial charge on any atom is 0.194 e. The van der Waals surface area contributed by atoms with Crippen molar-refractivity contribution < 1.29 is 14.7 Å². The molecule has 4 nitrogen and oxygen atoms in total. The van der Waals surface area contributed by atoms with E-state index in [0.717, 1.165) is 30.3 Å². The van der Waals surface area contributed by atoms with Crippen LogP contribution in [-0.4, -0.2) is 58.7 Å². The van der Waals surface area contributed by atoms with Crippen LogP contribution in [0, 0.1) is 17.8 Å². The molecular formula is C23H33N2O2+. The standard InChI is InChI=1S/C23H33N2O2/c1-4-10-25-17-11-14(13(5-2)22(25)27)19-18(25)12-23(21(19)26)15-8-6-7-9-16(15)24(3)20(17)23/h6-9,13-14,17-22,26-27H,4-5,10-12H2,1-3H3/q+1/t13-,14-,17+,18+,19+,20+,21+,22-,23+,25+/m1/s1. The Bertz CT molecular complexity index is 798. The van der Waals surface area contributed by atoms with Gasteiger partial charge in [-0.3, -0.25) is 4.48 Å². The van der Waals surface area contributed by atoms with Gasteiger partial charge in [0.05, 0.1) is 30.1 Å². The molecule has 0 radical (unpaired) electrons. The van der Waals surface area contributed by atoms with Crippen molar-refractivity contribution in [1.82, 2.24) is 0 Å². The monoisotopic (exact) mass is 369 g/mol. The van der Waals surface area contributed by atoms with E-state index >= 15 is 0 Å². The highest BCUT2D eigenvalue weighted by Crippen LogP contribution is 2.71. The van der Waals surface area contributed by atoms with Gasteiger partial charge in [-0.15, -0.1) is 0 Å². The number of rotatable bonds is 3. The number of hydrogen-bond acceptors (Lipinski definition) is 3. The molecule has 0 amide bonds. The molecule has 146 valence electrons. The lowest BCUT2D eigenvalue weighted by atomic mass is 9.60. The number of nitrogens with zero attached hydrogens (tertiary/aromatic N) is 2. The molecule has 7 rings (SSSR count). The molecule has 0 aromatic heterocycles. The molecule has 1 aliphatic carbocycles. The molecule has 5 heterocycles. The van der Waals surface area contributed by atoms with Gasteiger partial charge in [0.25, 0.3) is 0 Å². The average Bonchev–Trinajstić information content (AvgIpc) is 3.06. The minimum atomic E-state index is -0.271. The normalized spacial score (nSPS) is 53.7. The van der Waals surface area contributed by atoms with Crippen LogP contribution in [0.25, 0.3) is 0 Å². The third-order valence-electron chi connectivity index (χ3n) is 9.73. The first-order valence-corrected chi connectivity index (χ1v) is 11.1. The molecule has 5 fully saturated rings. The van der Waals surface area contributed by atoms with E-state index in [0.29, 0.717) is 35.9 Å². The van der Waals surface area contributed by atoms with Crippen LogP contribution < -0.4 is 4.90 Å². The van der Waals surface area contributed by atoms with E-state index in [9.17, 15) is 10.2 Å². The lowest BCUT2D eigenvalue weighted by Gasteiger charge is -2.68. The number of hydrogen-bond donors (Lipinski definition) is 2. The number of benzene rings is 1. The van der Waals surface area contributed by atoms with Crippen molar-refractivity contribution in [2.75, 3.05) is 18.5 Å². The van der Waals surface area contributed by atoms with E-state index in [1.54, 1.807) is 0 Å². The largest absolute Gasteiger partial charge is 0.392 e. The second-order valence-electron chi connectivity index (χ2n) is 10.1. The molecule has 0 unspecified atom stereocenters. The van der Waals surface area contributed by atoms with Crippen LogP contribution in [0.15, 0.2) is 24.3 Å². The Hall–Kier alpha value is -1.10. The lowest BCUT2D eigenvalue weighted by molar-refractivity contribution is -1.04. The Morgan fingerprint density at radius 3 is 2.70 bits per heavy atom. The van der Waals surface area contributed by atoms with Crippen molar-refractivity contribution in [3.8, 4) is 0 Å². The minimum Gasteiger partial charge on any atom is -0.392 e. The van der Waals surface area contributed by atoms with Gasteiger partial charge in [0, 0.05) is 37.4 Å². The van der Waals surface area contributed by atoms with E-state index in [4.69, 9.17) is 0 Å². The number of piperidine rings is 4. The van der Waals surface area contributed by atoms with Gasteiger partial charge in [0.1, 0.15) is 6.04 Å². The molecular weight excluding hydrogens is 336 g/mol. The smallest absolute Gasteiger partial charge is 0.194 e. The molecule has 2 N–H and O–H groups in total. The molecule has 1 spiro atoms. The van der Waals surface area contributed by atoms with Crippen molar-refractivity contribution in [1.29, 1.82) is 0 Å². The zero-order valence-electron chi connectivity index (χ0n) is 16.8. The molecule has 5 bridgehead atoms. The highest BCUT2D eigenvalue weighted by atomic mass is 16.3. The van der Waals surface area contributed by atoms with Gasteiger partial charge in [0.15, 0.2) is 6.23 Å². The lowest BCUT2D eigenvalue weighted by Crippen LogP contribution is -2.83. The third kappa shape index (κ3) is 1.51. The van der Waals surface area contributed by atoms with Gasteiger partial charge in [-0.1, -0.05) is 32.0 Å². The summed E-state index contributed by atoms with van der Waals surface area (Å²) in [6.45, 7) is 5.56. The Morgan fingerprint density at radius 2 is 1.96 bits per heavy atom. The van der Waals surface area contributed by atoms with Crippen LogP contribution in [0.4, 0.5) is 5.69 Å². The zero-order chi connectivity index (χ0) is 18.7. The van der Waals surface area contributed by atoms with E-state index in [1.165, 1.54) is 17.7 Å². The third-order valence-corrected chi connectivity index (χ3v) is 9.73. The molecule has 4 heteroatoms. The topological polar surface area (TPSA) is 43.7 Å². The van der Waals surface area contributed by atoms with E-state index in [2.05, 4.69) is 50.1 Å². The molecule has 1 aromatic rings. The molecule has 27 heavy (non-hydrogen) atoms. The summed E-state index contributed by atoms with van der Waals surface area (Å²) in [7, 11) is 2.23. The van der Waals surface area contributed by atoms with Crippen LogP contribution >= 0.6 is 0 Å². The van der Waals surface area contributed by atoms with Gasteiger partial charge in [0.2, 0.25) is 0 Å². The van der Waals surface area contributed by atoms with Crippen molar-refractivity contribution in [2.24, 2.45) is 17.8 Å². The van der Waals surface area contributed by atoms with Crippen LogP contribution in [0.3, 0.4) is 0 Å². The fourth-order valence-electron chi connectivity index (χ4n) is 9.23. The minimum absolute atomic E-state index is 0.127. The summed E-state index contributed by atoms with van der Waals surface area (Å²) in [4.78, 5) is 2.48. The average molecular weight is 370 g/mol. The van der Waals surface area contributed by atoms with E-state index in [1.807, 2.05) is 0 Å². The van der Waals surface area contributed by atoms with Crippen LogP contribution in [0.2, 0.25) is 0 Å². The maximum atomic E-state index is 11.9. The first-order chi connectivity index (χ1) is 13.0. The number of aliphatic hydroxyl groups is 2. The highest BCUT2D eigenvalue weighted by Gasteiger charge is 2.82. The van der Waals surface area contributed by atoms with Crippen LogP contribution in [-0.2, 0) is 5.41 Å². The summed E-state index contributed by atoms with van der Waals surface area (Å²) >= 11 is 0. The van der Waals surface area contributed by atoms with Crippen LogP contribution in [0.1, 0.15) is 45.1 Å². The Morgan fingerprint density at radius 1 is 1.19 bits per heavy atom. The summed E-state index contributed by atoms with van der Waals surface area (Å²) in [5.41, 5.74) is 2.56. The first kappa shape index (κ1) is 16.8. The fraction of sp³-hybridized carbons (Fsp3) is 0.739. The number of quaternary nitrogens is 1. The van der Waals surface area contributed by atoms with Crippen molar-refractivity contribution in [2.45, 2.75) is 75.4 Å². The quantitative estimate of drug-likeness (QED) is 0.805.